The first-order chi connectivity index (χ1) is 9.29. The van der Waals surface area contributed by atoms with Crippen molar-refractivity contribution in [3.63, 3.8) is 0 Å². The van der Waals surface area contributed by atoms with Crippen LogP contribution in [0.3, 0.4) is 0 Å². The number of carbonyl (C=O) groups is 1. The maximum atomic E-state index is 11.3. The molecule has 1 aromatic heterocycles. The Morgan fingerprint density at radius 3 is 3.05 bits per heavy atom. The van der Waals surface area contributed by atoms with E-state index in [-0.39, 0.29) is 5.97 Å². The molecule has 104 valence electrons. The molecule has 1 saturated heterocycles. The topological polar surface area (TPSA) is 60.5 Å². The van der Waals surface area contributed by atoms with Gasteiger partial charge < -0.3 is 14.8 Å². The van der Waals surface area contributed by atoms with E-state index < -0.39 is 0 Å². The molecule has 0 amide bonds. The summed E-state index contributed by atoms with van der Waals surface area (Å²) in [6.07, 6.45) is 5.41. The zero-order chi connectivity index (χ0) is 13.5. The molecule has 1 aliphatic rings. The summed E-state index contributed by atoms with van der Waals surface area (Å²) in [6.45, 7) is 2.40. The number of rotatable bonds is 5. The molecule has 2 rings (SSSR count). The Labute approximate surface area is 113 Å². The molecule has 19 heavy (non-hydrogen) atoms. The van der Waals surface area contributed by atoms with Crippen molar-refractivity contribution < 1.29 is 14.3 Å². The van der Waals surface area contributed by atoms with Crippen LogP contribution >= 0.6 is 0 Å². The van der Waals surface area contributed by atoms with Crippen molar-refractivity contribution in [3.05, 3.63) is 29.6 Å². The molecule has 1 aromatic rings. The zero-order valence-corrected chi connectivity index (χ0v) is 11.2. The van der Waals surface area contributed by atoms with Gasteiger partial charge in [0.05, 0.1) is 24.5 Å². The highest BCUT2D eigenvalue weighted by molar-refractivity contribution is 5.88. The molecule has 0 bridgehead atoms. The second-order valence-corrected chi connectivity index (χ2v) is 4.65. The highest BCUT2D eigenvalue weighted by Gasteiger charge is 2.13. The van der Waals surface area contributed by atoms with Crippen LogP contribution in [-0.2, 0) is 16.0 Å². The minimum Gasteiger partial charge on any atom is -0.465 e. The number of ether oxygens (including phenoxy) is 2. The number of hydrogen-bond acceptors (Lipinski definition) is 5. The molecule has 0 saturated carbocycles. The molecule has 1 fully saturated rings. The van der Waals surface area contributed by atoms with E-state index in [4.69, 9.17) is 4.74 Å². The lowest BCUT2D eigenvalue weighted by Gasteiger charge is -2.22. The lowest BCUT2D eigenvalue weighted by atomic mass is 10.1. The Kier molecular flexibility index (Phi) is 5.30. The summed E-state index contributed by atoms with van der Waals surface area (Å²) in [5.41, 5.74) is 1.38. The Bertz CT molecular complexity index is 400. The van der Waals surface area contributed by atoms with Crippen LogP contribution in [-0.4, -0.2) is 37.3 Å². The molecule has 0 spiro atoms. The third kappa shape index (κ3) is 4.29. The maximum Gasteiger partial charge on any atom is 0.339 e. The van der Waals surface area contributed by atoms with Crippen molar-refractivity contribution in [3.8, 4) is 0 Å². The number of methoxy groups -OCH3 is 1. The highest BCUT2D eigenvalue weighted by Crippen LogP contribution is 2.11. The van der Waals surface area contributed by atoms with Gasteiger partial charge in [0.15, 0.2) is 0 Å². The summed E-state index contributed by atoms with van der Waals surface area (Å²) in [5.74, 6) is -0.359. The van der Waals surface area contributed by atoms with Crippen LogP contribution in [0, 0.1) is 0 Å². The Hall–Kier alpha value is -1.46. The highest BCUT2D eigenvalue weighted by atomic mass is 16.5. The lowest BCUT2D eigenvalue weighted by molar-refractivity contribution is 0.0167. The van der Waals surface area contributed by atoms with Gasteiger partial charge in [0.1, 0.15) is 0 Å². The molecule has 0 aromatic carbocycles. The zero-order valence-electron chi connectivity index (χ0n) is 11.2. The van der Waals surface area contributed by atoms with Crippen LogP contribution in [0.4, 0.5) is 0 Å². The van der Waals surface area contributed by atoms with Gasteiger partial charge >= 0.3 is 5.97 Å². The molecule has 0 radical (unpaired) electrons. The fourth-order valence-corrected chi connectivity index (χ4v) is 2.10. The molecular weight excluding hydrogens is 244 g/mol. The van der Waals surface area contributed by atoms with E-state index in [1.807, 2.05) is 6.07 Å². The van der Waals surface area contributed by atoms with E-state index in [0.717, 1.165) is 25.3 Å². The number of hydrogen-bond donors (Lipinski definition) is 1. The van der Waals surface area contributed by atoms with Crippen molar-refractivity contribution in [2.75, 3.05) is 20.3 Å². The van der Waals surface area contributed by atoms with Gasteiger partial charge in [0, 0.05) is 25.9 Å². The van der Waals surface area contributed by atoms with E-state index >= 15 is 0 Å². The average molecular weight is 264 g/mol. The second kappa shape index (κ2) is 7.21. The van der Waals surface area contributed by atoms with Gasteiger partial charge in [-0.25, -0.2) is 4.79 Å². The molecular formula is C14H20N2O3. The van der Waals surface area contributed by atoms with Gasteiger partial charge in [-0.1, -0.05) is 0 Å². The van der Waals surface area contributed by atoms with Gasteiger partial charge in [-0.05, 0) is 31.4 Å². The van der Waals surface area contributed by atoms with E-state index in [1.165, 1.54) is 20.0 Å². The quantitative estimate of drug-likeness (QED) is 0.817. The summed E-state index contributed by atoms with van der Waals surface area (Å²) in [6, 6.07) is 3.56. The fourth-order valence-electron chi connectivity index (χ4n) is 2.10. The predicted octanol–water partition coefficient (Wildman–Crippen LogP) is 1.53. The second-order valence-electron chi connectivity index (χ2n) is 4.65. The number of esters is 1. The smallest absolute Gasteiger partial charge is 0.339 e. The monoisotopic (exact) mass is 264 g/mol. The molecule has 1 N–H and O–H groups in total. The van der Waals surface area contributed by atoms with Gasteiger partial charge in [-0.2, -0.15) is 0 Å². The number of aromatic nitrogens is 1. The van der Waals surface area contributed by atoms with E-state index in [1.54, 1.807) is 12.3 Å². The minimum absolute atomic E-state index is 0.322. The molecule has 5 nitrogen and oxygen atoms in total. The molecule has 0 aliphatic carbocycles. The van der Waals surface area contributed by atoms with Crippen molar-refractivity contribution >= 4 is 5.97 Å². The molecule has 1 aliphatic heterocycles. The SMILES string of the molecule is COC(=O)c1ccc(CNCC2CCCCO2)nc1. The van der Waals surface area contributed by atoms with Gasteiger partial charge in [-0.3, -0.25) is 4.98 Å². The first kappa shape index (κ1) is 14.0. The molecule has 2 heterocycles. The van der Waals surface area contributed by atoms with Crippen LogP contribution in [0.15, 0.2) is 18.3 Å². The standard InChI is InChI=1S/C14H20N2O3/c1-18-14(17)11-5-6-12(16-8-11)9-15-10-13-4-2-3-7-19-13/h5-6,8,13,15H,2-4,7,9-10H2,1H3. The van der Waals surface area contributed by atoms with Crippen molar-refractivity contribution in [1.82, 2.24) is 10.3 Å². The van der Waals surface area contributed by atoms with E-state index in [9.17, 15) is 4.79 Å². The number of nitrogens with one attached hydrogen (secondary N) is 1. The van der Waals surface area contributed by atoms with E-state index in [2.05, 4.69) is 15.0 Å². The predicted molar refractivity (Wildman–Crippen MR) is 70.9 cm³/mol. The van der Waals surface area contributed by atoms with E-state index in [0.29, 0.717) is 18.2 Å². The molecule has 1 unspecified atom stereocenters. The summed E-state index contributed by atoms with van der Waals surface area (Å²) >= 11 is 0. The van der Waals surface area contributed by atoms with Crippen LogP contribution in [0.2, 0.25) is 0 Å². The van der Waals surface area contributed by atoms with Gasteiger partial charge in [0.2, 0.25) is 0 Å². The van der Waals surface area contributed by atoms with Gasteiger partial charge in [0.25, 0.3) is 0 Å². The lowest BCUT2D eigenvalue weighted by Crippen LogP contribution is -2.31. The summed E-state index contributed by atoms with van der Waals surface area (Å²) in [5, 5.41) is 3.33. The molecule has 5 heteroatoms. The van der Waals surface area contributed by atoms with Crippen LogP contribution in [0.1, 0.15) is 35.3 Å². The maximum absolute atomic E-state index is 11.3. The summed E-state index contributed by atoms with van der Waals surface area (Å²) in [7, 11) is 1.36. The number of pyridine rings is 1. The average Bonchev–Trinajstić information content (AvgIpc) is 2.48. The van der Waals surface area contributed by atoms with Crippen molar-refractivity contribution in [2.24, 2.45) is 0 Å². The summed E-state index contributed by atoms with van der Waals surface area (Å²) < 4.78 is 10.3. The Balaban J connectivity index is 1.75. The normalized spacial score (nSPS) is 19.1. The third-order valence-corrected chi connectivity index (χ3v) is 3.20. The van der Waals surface area contributed by atoms with Crippen molar-refractivity contribution in [1.29, 1.82) is 0 Å². The molecule has 1 atom stereocenters. The first-order valence-corrected chi connectivity index (χ1v) is 6.65. The minimum atomic E-state index is -0.359. The number of carbonyl (C=O) groups excluding carboxylic acids is 1. The largest absolute Gasteiger partial charge is 0.465 e. The summed E-state index contributed by atoms with van der Waals surface area (Å²) in [4.78, 5) is 15.5. The van der Waals surface area contributed by atoms with Gasteiger partial charge in [-0.15, -0.1) is 0 Å². The van der Waals surface area contributed by atoms with Crippen LogP contribution < -0.4 is 5.32 Å². The van der Waals surface area contributed by atoms with Crippen LogP contribution in [0.25, 0.3) is 0 Å². The first-order valence-electron chi connectivity index (χ1n) is 6.65. The Morgan fingerprint density at radius 1 is 1.53 bits per heavy atom. The number of nitrogens with zero attached hydrogens (tertiary/aromatic N) is 1. The fraction of sp³-hybridized carbons (Fsp3) is 0.571. The van der Waals surface area contributed by atoms with Crippen molar-refractivity contribution in [2.45, 2.75) is 31.9 Å². The van der Waals surface area contributed by atoms with Crippen LogP contribution in [0.5, 0.6) is 0 Å². The Morgan fingerprint density at radius 2 is 2.42 bits per heavy atom. The third-order valence-electron chi connectivity index (χ3n) is 3.20.